The van der Waals surface area contributed by atoms with Gasteiger partial charge in [0.15, 0.2) is 0 Å². The molecular weight excluding hydrogens is 274 g/mol. The Morgan fingerprint density at radius 1 is 1.48 bits per heavy atom. The first-order valence-electron chi connectivity index (χ1n) is 6.95. The zero-order chi connectivity index (χ0) is 15.4. The predicted octanol–water partition coefficient (Wildman–Crippen LogP) is 2.19. The number of carbonyl (C=O) groups is 1. The van der Waals surface area contributed by atoms with Crippen LogP contribution in [0.15, 0.2) is 18.2 Å². The van der Waals surface area contributed by atoms with E-state index in [2.05, 4.69) is 10.6 Å². The average molecular weight is 293 g/mol. The molecule has 21 heavy (non-hydrogen) atoms. The molecule has 1 aliphatic carbocycles. The van der Waals surface area contributed by atoms with Gasteiger partial charge in [0.25, 0.3) is 5.69 Å². The number of nitrogens with one attached hydrogen (secondary N) is 2. The molecule has 7 heteroatoms. The third-order valence-corrected chi connectivity index (χ3v) is 3.82. The molecule has 2 amide bonds. The summed E-state index contributed by atoms with van der Waals surface area (Å²) in [7, 11) is 0. The van der Waals surface area contributed by atoms with E-state index in [1.54, 1.807) is 13.0 Å². The number of nitro benzene ring substituents is 1. The Morgan fingerprint density at radius 3 is 2.86 bits per heavy atom. The van der Waals surface area contributed by atoms with E-state index in [0.717, 1.165) is 24.8 Å². The second kappa shape index (κ2) is 6.53. The Balaban J connectivity index is 1.93. The van der Waals surface area contributed by atoms with Gasteiger partial charge in [-0.25, -0.2) is 4.79 Å². The van der Waals surface area contributed by atoms with Crippen LogP contribution >= 0.6 is 0 Å². The number of nitro groups is 1. The summed E-state index contributed by atoms with van der Waals surface area (Å²) in [6.45, 7) is 2.17. The van der Waals surface area contributed by atoms with Crippen LogP contribution in [0.3, 0.4) is 0 Å². The summed E-state index contributed by atoms with van der Waals surface area (Å²) in [6.07, 6.45) is 2.29. The van der Waals surface area contributed by atoms with Crippen molar-refractivity contribution in [3.8, 4) is 0 Å². The minimum Gasteiger partial charge on any atom is -0.393 e. The van der Waals surface area contributed by atoms with Crippen LogP contribution in [0.25, 0.3) is 0 Å². The Kier molecular flexibility index (Phi) is 4.74. The molecule has 1 aromatic rings. The number of aliphatic hydroxyl groups excluding tert-OH is 1. The van der Waals surface area contributed by atoms with Gasteiger partial charge < -0.3 is 15.7 Å². The smallest absolute Gasteiger partial charge is 0.319 e. The predicted molar refractivity (Wildman–Crippen MR) is 78.2 cm³/mol. The molecule has 3 N–H and O–H groups in total. The lowest BCUT2D eigenvalue weighted by molar-refractivity contribution is -0.384. The van der Waals surface area contributed by atoms with Gasteiger partial charge in [-0.15, -0.1) is 0 Å². The highest BCUT2D eigenvalue weighted by molar-refractivity contribution is 5.90. The Hall–Kier alpha value is -2.15. The molecular formula is C14H19N3O4. The highest BCUT2D eigenvalue weighted by Gasteiger charge is 2.25. The maximum absolute atomic E-state index is 11.8. The van der Waals surface area contributed by atoms with Crippen molar-refractivity contribution in [2.24, 2.45) is 5.92 Å². The van der Waals surface area contributed by atoms with Crippen molar-refractivity contribution < 1.29 is 14.8 Å². The molecule has 114 valence electrons. The summed E-state index contributed by atoms with van der Waals surface area (Å²) in [5, 5.41) is 25.7. The molecule has 0 unspecified atom stereocenters. The van der Waals surface area contributed by atoms with Crippen molar-refractivity contribution in [1.29, 1.82) is 0 Å². The van der Waals surface area contributed by atoms with Crippen molar-refractivity contribution >= 4 is 17.4 Å². The van der Waals surface area contributed by atoms with Crippen LogP contribution in [0.2, 0.25) is 0 Å². The maximum atomic E-state index is 11.8. The van der Waals surface area contributed by atoms with Crippen LogP contribution in [0.4, 0.5) is 16.2 Å². The lowest BCUT2D eigenvalue weighted by Gasteiger charge is -2.16. The third-order valence-electron chi connectivity index (χ3n) is 3.82. The van der Waals surface area contributed by atoms with Crippen LogP contribution in [0, 0.1) is 23.0 Å². The quantitative estimate of drug-likeness (QED) is 0.584. The fourth-order valence-corrected chi connectivity index (χ4v) is 2.50. The van der Waals surface area contributed by atoms with Crippen LogP contribution in [0.1, 0.15) is 24.8 Å². The SMILES string of the molecule is Cc1ccc([N+](=O)[O-])cc1NC(=O)NC[C@@H]1CCC[C@H]1O. The molecule has 0 spiro atoms. The van der Waals surface area contributed by atoms with Gasteiger partial charge in [-0.05, 0) is 25.3 Å². The van der Waals surface area contributed by atoms with Gasteiger partial charge in [0.05, 0.1) is 16.7 Å². The second-order valence-electron chi connectivity index (χ2n) is 5.35. The van der Waals surface area contributed by atoms with E-state index in [4.69, 9.17) is 0 Å². The van der Waals surface area contributed by atoms with Crippen LogP contribution in [0.5, 0.6) is 0 Å². The van der Waals surface area contributed by atoms with Gasteiger partial charge >= 0.3 is 6.03 Å². The molecule has 7 nitrogen and oxygen atoms in total. The first kappa shape index (κ1) is 15.2. The highest BCUT2D eigenvalue weighted by Crippen LogP contribution is 2.25. The minimum atomic E-state index is -0.503. The monoisotopic (exact) mass is 293 g/mol. The van der Waals surface area contributed by atoms with Gasteiger partial charge in [0.1, 0.15) is 0 Å². The number of nitrogens with zero attached hydrogens (tertiary/aromatic N) is 1. The number of aliphatic hydroxyl groups is 1. The average Bonchev–Trinajstić information content (AvgIpc) is 2.84. The van der Waals surface area contributed by atoms with Crippen molar-refractivity contribution in [3.05, 3.63) is 33.9 Å². The first-order valence-corrected chi connectivity index (χ1v) is 6.95. The summed E-state index contributed by atoms with van der Waals surface area (Å²) >= 11 is 0. The zero-order valence-electron chi connectivity index (χ0n) is 11.8. The molecule has 0 bridgehead atoms. The molecule has 1 fully saturated rings. The largest absolute Gasteiger partial charge is 0.393 e. The molecule has 0 heterocycles. The number of rotatable bonds is 4. The number of amides is 2. The van der Waals surface area contributed by atoms with E-state index < -0.39 is 11.0 Å². The van der Waals surface area contributed by atoms with Crippen molar-refractivity contribution in [2.75, 3.05) is 11.9 Å². The van der Waals surface area contributed by atoms with Crippen LogP contribution in [-0.2, 0) is 0 Å². The minimum absolute atomic E-state index is 0.0675. The fraction of sp³-hybridized carbons (Fsp3) is 0.500. The van der Waals surface area contributed by atoms with Crippen LogP contribution in [-0.4, -0.2) is 28.7 Å². The van der Waals surface area contributed by atoms with E-state index in [1.165, 1.54) is 12.1 Å². The van der Waals surface area contributed by atoms with Gasteiger partial charge in [-0.3, -0.25) is 10.1 Å². The summed E-state index contributed by atoms with van der Waals surface area (Å²) < 4.78 is 0. The van der Waals surface area contributed by atoms with Gasteiger partial charge in [0, 0.05) is 24.6 Å². The molecule has 0 aliphatic heterocycles. The summed E-state index contributed by atoms with van der Waals surface area (Å²) in [6, 6.07) is 3.90. The molecule has 0 aromatic heterocycles. The molecule has 2 rings (SSSR count). The molecule has 0 radical (unpaired) electrons. The zero-order valence-corrected chi connectivity index (χ0v) is 11.8. The topological polar surface area (TPSA) is 105 Å². The molecule has 2 atom stereocenters. The molecule has 1 saturated carbocycles. The normalized spacial score (nSPS) is 21.0. The third kappa shape index (κ3) is 3.91. The van der Waals surface area contributed by atoms with Crippen molar-refractivity contribution in [3.63, 3.8) is 0 Å². The van der Waals surface area contributed by atoms with E-state index in [-0.39, 0.29) is 17.7 Å². The number of non-ortho nitro benzene ring substituents is 1. The van der Waals surface area contributed by atoms with Crippen molar-refractivity contribution in [1.82, 2.24) is 5.32 Å². The standard InChI is InChI=1S/C14H19N3O4/c1-9-5-6-11(17(20)21)7-12(9)16-14(19)15-8-10-3-2-4-13(10)18/h5-7,10,13,18H,2-4,8H2,1H3,(H2,15,16,19)/t10-,13+/m0/s1. The summed E-state index contributed by atoms with van der Waals surface area (Å²) in [5.41, 5.74) is 1.09. The number of benzene rings is 1. The van der Waals surface area contributed by atoms with E-state index in [9.17, 15) is 20.0 Å². The number of hydrogen-bond acceptors (Lipinski definition) is 4. The Bertz CT molecular complexity index is 547. The lowest BCUT2D eigenvalue weighted by Crippen LogP contribution is -2.35. The first-order chi connectivity index (χ1) is 9.97. The molecule has 0 saturated heterocycles. The molecule has 1 aromatic carbocycles. The lowest BCUT2D eigenvalue weighted by atomic mass is 10.1. The van der Waals surface area contributed by atoms with Crippen LogP contribution < -0.4 is 10.6 Å². The number of carbonyl (C=O) groups excluding carboxylic acids is 1. The van der Waals surface area contributed by atoms with E-state index in [0.29, 0.717) is 12.2 Å². The second-order valence-corrected chi connectivity index (χ2v) is 5.35. The Morgan fingerprint density at radius 2 is 2.24 bits per heavy atom. The van der Waals surface area contributed by atoms with E-state index in [1.807, 2.05) is 0 Å². The fourth-order valence-electron chi connectivity index (χ4n) is 2.50. The number of hydrogen-bond donors (Lipinski definition) is 3. The van der Waals surface area contributed by atoms with Crippen molar-refractivity contribution in [2.45, 2.75) is 32.3 Å². The Labute approximate surface area is 122 Å². The molecule has 1 aliphatic rings. The highest BCUT2D eigenvalue weighted by atomic mass is 16.6. The van der Waals surface area contributed by atoms with Gasteiger partial charge in [-0.2, -0.15) is 0 Å². The number of aryl methyl sites for hydroxylation is 1. The number of anilines is 1. The maximum Gasteiger partial charge on any atom is 0.319 e. The summed E-state index contributed by atoms with van der Waals surface area (Å²) in [4.78, 5) is 22.1. The summed E-state index contributed by atoms with van der Waals surface area (Å²) in [5.74, 6) is 0.0851. The van der Waals surface area contributed by atoms with Gasteiger partial charge in [0.2, 0.25) is 0 Å². The van der Waals surface area contributed by atoms with Gasteiger partial charge in [-0.1, -0.05) is 12.5 Å². The number of urea groups is 1. The van der Waals surface area contributed by atoms with E-state index >= 15 is 0 Å².